The largest absolute Gasteiger partial charge is 0.459 e. The monoisotopic (exact) mass is 445 g/mol. The molecule has 1 aliphatic heterocycles. The second-order valence-electron chi connectivity index (χ2n) is 8.42. The molecule has 5 rings (SSSR count). The number of anilines is 2. The van der Waals surface area contributed by atoms with E-state index in [4.69, 9.17) is 14.4 Å². The number of carbonyl (C=O) groups excluding carboxylic acids is 1. The highest BCUT2D eigenvalue weighted by atomic mass is 16.3. The van der Waals surface area contributed by atoms with Gasteiger partial charge in [0.15, 0.2) is 11.4 Å². The van der Waals surface area contributed by atoms with E-state index in [1.807, 2.05) is 37.4 Å². The molecule has 170 valence electrons. The maximum absolute atomic E-state index is 12.4. The Bertz CT molecular complexity index is 1210. The van der Waals surface area contributed by atoms with Crippen molar-refractivity contribution in [1.29, 1.82) is 0 Å². The molecule has 1 amide bonds. The molecular formula is C24H27N7O2. The fourth-order valence-corrected chi connectivity index (χ4v) is 4.10. The minimum Gasteiger partial charge on any atom is -0.459 e. The number of aliphatic imine (C=N–C) groups is 1. The Labute approximate surface area is 192 Å². The van der Waals surface area contributed by atoms with Crippen LogP contribution < -0.4 is 15.5 Å². The van der Waals surface area contributed by atoms with Gasteiger partial charge in [-0.1, -0.05) is 6.07 Å². The molecule has 0 aromatic carbocycles. The van der Waals surface area contributed by atoms with Crippen LogP contribution in [0.3, 0.4) is 0 Å². The lowest BCUT2D eigenvalue weighted by molar-refractivity contribution is -0.114. The number of hydrogen-bond acceptors (Lipinski definition) is 8. The predicted octanol–water partition coefficient (Wildman–Crippen LogP) is 3.62. The van der Waals surface area contributed by atoms with Gasteiger partial charge in [-0.15, -0.1) is 0 Å². The van der Waals surface area contributed by atoms with Crippen molar-refractivity contribution in [3.8, 4) is 0 Å². The average molecular weight is 446 g/mol. The van der Waals surface area contributed by atoms with Crippen LogP contribution in [0.1, 0.15) is 44.3 Å². The lowest BCUT2D eigenvalue weighted by atomic mass is 10.1. The topological polar surface area (TPSA) is 109 Å². The number of nitrogens with zero attached hydrogens (tertiary/aromatic N) is 5. The van der Waals surface area contributed by atoms with E-state index in [-0.39, 0.29) is 18.0 Å². The summed E-state index contributed by atoms with van der Waals surface area (Å²) in [5.41, 5.74) is 3.40. The lowest BCUT2D eigenvalue weighted by Crippen LogP contribution is -2.32. The number of amides is 1. The van der Waals surface area contributed by atoms with Gasteiger partial charge in [0.2, 0.25) is 5.95 Å². The van der Waals surface area contributed by atoms with E-state index in [1.54, 1.807) is 19.4 Å². The molecule has 0 spiro atoms. The standard InChI is InChI=1S/C24H27N7O2/c1-15(14-19(25-2)23(32)28-16-8-9-16)27-22-21-18(10-13-33-21)29-24(30-22)31-12-5-7-20(31)17-6-3-4-11-26-17/h3-4,6,10-11,13-14,16,20H,5,7-9,12H2,1-2H3,(H,28,32)(H,27,29,30)/b15-14+,25-19?. The van der Waals surface area contributed by atoms with E-state index >= 15 is 0 Å². The van der Waals surface area contributed by atoms with Crippen molar-refractivity contribution in [3.05, 3.63) is 54.2 Å². The summed E-state index contributed by atoms with van der Waals surface area (Å²) in [4.78, 5) is 32.9. The molecule has 1 saturated heterocycles. The second-order valence-corrected chi connectivity index (χ2v) is 8.42. The smallest absolute Gasteiger partial charge is 0.269 e. The fourth-order valence-electron chi connectivity index (χ4n) is 4.10. The van der Waals surface area contributed by atoms with Gasteiger partial charge in [-0.3, -0.25) is 14.8 Å². The highest BCUT2D eigenvalue weighted by Crippen LogP contribution is 2.35. The maximum atomic E-state index is 12.4. The molecule has 1 unspecified atom stereocenters. The minimum absolute atomic E-state index is 0.130. The summed E-state index contributed by atoms with van der Waals surface area (Å²) in [6.07, 6.45) is 9.25. The highest BCUT2D eigenvalue weighted by Gasteiger charge is 2.30. The van der Waals surface area contributed by atoms with Gasteiger partial charge in [0.05, 0.1) is 18.0 Å². The van der Waals surface area contributed by atoms with E-state index in [9.17, 15) is 4.79 Å². The summed E-state index contributed by atoms with van der Waals surface area (Å²) < 4.78 is 5.66. The first-order valence-electron chi connectivity index (χ1n) is 11.3. The fraction of sp³-hybridized carbons (Fsp3) is 0.375. The Hall–Kier alpha value is -3.75. The molecule has 9 heteroatoms. The van der Waals surface area contributed by atoms with Crippen molar-refractivity contribution in [2.24, 2.45) is 4.99 Å². The van der Waals surface area contributed by atoms with Gasteiger partial charge in [-0.05, 0) is 50.8 Å². The Kier molecular flexibility index (Phi) is 5.77. The third-order valence-corrected chi connectivity index (χ3v) is 5.89. The zero-order valence-electron chi connectivity index (χ0n) is 18.8. The molecule has 0 radical (unpaired) electrons. The van der Waals surface area contributed by atoms with Crippen LogP contribution in [0.15, 0.2) is 57.9 Å². The van der Waals surface area contributed by atoms with Crippen LogP contribution >= 0.6 is 0 Å². The van der Waals surface area contributed by atoms with Gasteiger partial charge >= 0.3 is 0 Å². The molecule has 0 bridgehead atoms. The van der Waals surface area contributed by atoms with Crippen LogP contribution in [0, 0.1) is 0 Å². The van der Waals surface area contributed by atoms with Crippen molar-refractivity contribution >= 4 is 34.5 Å². The summed E-state index contributed by atoms with van der Waals surface area (Å²) in [5.74, 6) is 1.02. The summed E-state index contributed by atoms with van der Waals surface area (Å²) in [7, 11) is 1.62. The molecule has 3 aromatic rings. The molecule has 2 aliphatic rings. The van der Waals surface area contributed by atoms with Gasteiger partial charge in [0.25, 0.3) is 5.91 Å². The van der Waals surface area contributed by atoms with Gasteiger partial charge in [0.1, 0.15) is 11.2 Å². The zero-order valence-corrected chi connectivity index (χ0v) is 18.8. The molecule has 9 nitrogen and oxygen atoms in total. The molecule has 1 saturated carbocycles. The maximum Gasteiger partial charge on any atom is 0.269 e. The summed E-state index contributed by atoms with van der Waals surface area (Å²) in [6, 6.07) is 8.21. The molecule has 2 fully saturated rings. The van der Waals surface area contributed by atoms with Crippen molar-refractivity contribution < 1.29 is 9.21 Å². The van der Waals surface area contributed by atoms with Crippen molar-refractivity contribution in [1.82, 2.24) is 20.3 Å². The Balaban J connectivity index is 1.43. The number of furan rings is 1. The molecule has 33 heavy (non-hydrogen) atoms. The van der Waals surface area contributed by atoms with Gasteiger partial charge in [-0.2, -0.15) is 4.98 Å². The minimum atomic E-state index is -0.164. The number of pyridine rings is 1. The summed E-state index contributed by atoms with van der Waals surface area (Å²) in [5, 5.41) is 6.26. The number of rotatable bonds is 7. The van der Waals surface area contributed by atoms with Crippen molar-refractivity contribution in [3.63, 3.8) is 0 Å². The number of hydrogen-bond donors (Lipinski definition) is 2. The van der Waals surface area contributed by atoms with Crippen LogP contribution in [0.5, 0.6) is 0 Å². The second kappa shape index (κ2) is 9.01. The zero-order chi connectivity index (χ0) is 22.8. The van der Waals surface area contributed by atoms with E-state index in [0.29, 0.717) is 23.1 Å². The lowest BCUT2D eigenvalue weighted by Gasteiger charge is -2.24. The third-order valence-electron chi connectivity index (χ3n) is 5.89. The number of allylic oxidation sites excluding steroid dienone is 1. The van der Waals surface area contributed by atoms with Crippen LogP contribution in [-0.4, -0.2) is 46.2 Å². The molecule has 1 atom stereocenters. The molecule has 3 aromatic heterocycles. The summed E-state index contributed by atoms with van der Waals surface area (Å²) in [6.45, 7) is 2.73. The van der Waals surface area contributed by atoms with Crippen LogP contribution in [0.25, 0.3) is 11.1 Å². The highest BCUT2D eigenvalue weighted by molar-refractivity contribution is 6.43. The average Bonchev–Trinajstić information content (AvgIpc) is 3.30. The Morgan fingerprint density at radius 1 is 1.24 bits per heavy atom. The van der Waals surface area contributed by atoms with Crippen LogP contribution in [0.4, 0.5) is 11.8 Å². The number of aromatic nitrogens is 3. The van der Waals surface area contributed by atoms with E-state index in [1.165, 1.54) is 0 Å². The summed E-state index contributed by atoms with van der Waals surface area (Å²) >= 11 is 0. The van der Waals surface area contributed by atoms with E-state index in [0.717, 1.165) is 49.1 Å². The first-order chi connectivity index (χ1) is 16.1. The van der Waals surface area contributed by atoms with Gasteiger partial charge < -0.3 is 20.0 Å². The first kappa shape index (κ1) is 21.1. The van der Waals surface area contributed by atoms with Crippen LogP contribution in [-0.2, 0) is 4.79 Å². The van der Waals surface area contributed by atoms with Gasteiger partial charge in [0, 0.05) is 37.6 Å². The SMILES string of the molecule is CN=C(/C=C(\C)Nc1nc(N2CCCC2c2ccccn2)nc2ccoc12)C(=O)NC1CC1. The molecule has 1 aliphatic carbocycles. The quantitative estimate of drug-likeness (QED) is 0.535. The Morgan fingerprint density at radius 2 is 2.12 bits per heavy atom. The molecule has 4 heterocycles. The predicted molar refractivity (Wildman–Crippen MR) is 127 cm³/mol. The van der Waals surface area contributed by atoms with Gasteiger partial charge in [-0.25, -0.2) is 4.98 Å². The normalized spacial score (nSPS) is 19.2. The molecular weight excluding hydrogens is 418 g/mol. The number of nitrogens with one attached hydrogen (secondary N) is 2. The Morgan fingerprint density at radius 3 is 2.88 bits per heavy atom. The van der Waals surface area contributed by atoms with E-state index in [2.05, 4.69) is 25.5 Å². The third kappa shape index (κ3) is 4.57. The first-order valence-corrected chi connectivity index (χ1v) is 11.3. The number of carbonyl (C=O) groups is 1. The molecule has 2 N–H and O–H groups in total. The van der Waals surface area contributed by atoms with Crippen LogP contribution in [0.2, 0.25) is 0 Å². The van der Waals surface area contributed by atoms with Crippen molar-refractivity contribution in [2.75, 3.05) is 23.8 Å². The number of fused-ring (bicyclic) bond motifs is 1. The van der Waals surface area contributed by atoms with Crippen molar-refractivity contribution in [2.45, 2.75) is 44.7 Å². The van der Waals surface area contributed by atoms with E-state index < -0.39 is 0 Å².